The van der Waals surface area contributed by atoms with E-state index in [-0.39, 0.29) is 0 Å². The molecule has 0 aliphatic heterocycles. The fourth-order valence-electron chi connectivity index (χ4n) is 2.46. The molecule has 108 valence electrons. The van der Waals surface area contributed by atoms with Crippen molar-refractivity contribution in [1.82, 2.24) is 9.55 Å². The van der Waals surface area contributed by atoms with E-state index in [0.717, 1.165) is 33.1 Å². The van der Waals surface area contributed by atoms with Crippen molar-refractivity contribution in [2.75, 3.05) is 5.88 Å². The highest BCUT2D eigenvalue weighted by Crippen LogP contribution is 2.29. The second-order valence-corrected chi connectivity index (χ2v) is 6.04. The quantitative estimate of drug-likeness (QED) is 0.582. The number of fused-ring (bicyclic) bond motifs is 1. The fourth-order valence-corrected chi connectivity index (χ4v) is 2.96. The summed E-state index contributed by atoms with van der Waals surface area (Å²) < 4.78 is 2.09. The molecule has 0 radical (unpaired) electrons. The maximum atomic E-state index is 6.26. The van der Waals surface area contributed by atoms with Gasteiger partial charge in [0.15, 0.2) is 0 Å². The third-order valence-electron chi connectivity index (χ3n) is 3.48. The Bertz CT molecular complexity index is 809. The minimum atomic E-state index is 0.511. The van der Waals surface area contributed by atoms with Crippen molar-refractivity contribution in [3.63, 3.8) is 0 Å². The van der Waals surface area contributed by atoms with E-state index in [0.29, 0.717) is 17.3 Å². The summed E-state index contributed by atoms with van der Waals surface area (Å²) in [5, 5.41) is 1.41. The Balaban J connectivity index is 2.35. The van der Waals surface area contributed by atoms with Gasteiger partial charge in [0.25, 0.3) is 0 Å². The summed E-state index contributed by atoms with van der Waals surface area (Å²) >= 11 is 18.3. The summed E-state index contributed by atoms with van der Waals surface area (Å²) in [5.41, 5.74) is 3.88. The molecule has 0 fully saturated rings. The number of nitrogens with zero attached hydrogens (tertiary/aromatic N) is 2. The Labute approximate surface area is 138 Å². The van der Waals surface area contributed by atoms with Crippen molar-refractivity contribution in [1.29, 1.82) is 0 Å². The molecule has 0 N–H and O–H groups in total. The lowest BCUT2D eigenvalue weighted by Crippen LogP contribution is -2.04. The van der Waals surface area contributed by atoms with Gasteiger partial charge < -0.3 is 0 Å². The zero-order valence-corrected chi connectivity index (χ0v) is 13.7. The van der Waals surface area contributed by atoms with Crippen LogP contribution in [0.1, 0.15) is 11.4 Å². The van der Waals surface area contributed by atoms with Gasteiger partial charge in [0, 0.05) is 22.3 Å². The third-order valence-corrected chi connectivity index (χ3v) is 4.32. The first kappa shape index (κ1) is 14.7. The molecule has 1 heterocycles. The topological polar surface area (TPSA) is 17.8 Å². The monoisotopic (exact) mass is 338 g/mol. The van der Waals surface area contributed by atoms with Gasteiger partial charge in [-0.05, 0) is 42.8 Å². The Morgan fingerprint density at radius 2 is 1.95 bits per heavy atom. The first-order valence-electron chi connectivity index (χ1n) is 6.60. The minimum Gasteiger partial charge on any atom is -0.296 e. The molecule has 0 saturated heterocycles. The largest absolute Gasteiger partial charge is 0.296 e. The van der Waals surface area contributed by atoms with Gasteiger partial charge in [0.1, 0.15) is 5.82 Å². The molecule has 3 aromatic rings. The highest BCUT2D eigenvalue weighted by atomic mass is 35.5. The average Bonchev–Trinajstić information content (AvgIpc) is 2.80. The zero-order chi connectivity index (χ0) is 15.0. The third kappa shape index (κ3) is 2.64. The van der Waals surface area contributed by atoms with Crippen LogP contribution in [0.3, 0.4) is 0 Å². The fraction of sp³-hybridized carbons (Fsp3) is 0.188. The predicted molar refractivity (Wildman–Crippen MR) is 90.3 cm³/mol. The zero-order valence-electron chi connectivity index (χ0n) is 11.4. The van der Waals surface area contributed by atoms with Gasteiger partial charge in [-0.15, -0.1) is 11.6 Å². The summed E-state index contributed by atoms with van der Waals surface area (Å²) in [6, 6.07) is 11.5. The van der Waals surface area contributed by atoms with Crippen LogP contribution in [-0.4, -0.2) is 15.4 Å². The highest BCUT2D eigenvalue weighted by molar-refractivity contribution is 6.31. The first-order valence-corrected chi connectivity index (χ1v) is 7.89. The number of hydrogen-bond acceptors (Lipinski definition) is 1. The lowest BCUT2D eigenvalue weighted by Gasteiger charge is -2.12. The molecule has 0 bridgehead atoms. The minimum absolute atomic E-state index is 0.511. The van der Waals surface area contributed by atoms with Crippen LogP contribution in [-0.2, 0) is 6.42 Å². The number of aromatic nitrogens is 2. The molecule has 0 spiro atoms. The molecular weight excluding hydrogens is 327 g/mol. The summed E-state index contributed by atoms with van der Waals surface area (Å²) in [6.45, 7) is 2.00. The SMILES string of the molecule is Cc1c(Cl)cccc1-n1c(CCCl)nc2ccc(Cl)cc21. The van der Waals surface area contributed by atoms with Crippen molar-refractivity contribution in [3.8, 4) is 5.69 Å². The summed E-state index contributed by atoms with van der Waals surface area (Å²) in [4.78, 5) is 4.67. The number of hydrogen-bond donors (Lipinski definition) is 0. The smallest absolute Gasteiger partial charge is 0.115 e. The Hall–Kier alpha value is -1.22. The van der Waals surface area contributed by atoms with Crippen LogP contribution in [0.5, 0.6) is 0 Å². The highest BCUT2D eigenvalue weighted by Gasteiger charge is 2.15. The van der Waals surface area contributed by atoms with E-state index in [1.807, 2.05) is 43.3 Å². The van der Waals surface area contributed by atoms with Gasteiger partial charge in [-0.1, -0.05) is 29.3 Å². The lowest BCUT2D eigenvalue weighted by molar-refractivity contribution is 0.907. The maximum absolute atomic E-state index is 6.26. The van der Waals surface area contributed by atoms with Crippen LogP contribution in [0.25, 0.3) is 16.7 Å². The first-order chi connectivity index (χ1) is 10.1. The Morgan fingerprint density at radius 3 is 2.71 bits per heavy atom. The average molecular weight is 340 g/mol. The van der Waals surface area contributed by atoms with Gasteiger partial charge >= 0.3 is 0 Å². The van der Waals surface area contributed by atoms with Gasteiger partial charge in [0.2, 0.25) is 0 Å². The van der Waals surface area contributed by atoms with Crippen molar-refractivity contribution >= 4 is 45.8 Å². The van der Waals surface area contributed by atoms with Crippen molar-refractivity contribution in [3.05, 3.63) is 57.8 Å². The summed E-state index contributed by atoms with van der Waals surface area (Å²) in [5.74, 6) is 1.42. The molecule has 0 saturated carbocycles. The molecule has 0 amide bonds. The van der Waals surface area contributed by atoms with Gasteiger partial charge in [-0.3, -0.25) is 4.57 Å². The van der Waals surface area contributed by atoms with Gasteiger partial charge in [0.05, 0.1) is 16.7 Å². The predicted octanol–water partition coefficient (Wildman–Crippen LogP) is 5.42. The number of aryl methyl sites for hydroxylation is 1. The molecular formula is C16H13Cl3N2. The Morgan fingerprint density at radius 1 is 1.14 bits per heavy atom. The number of halogens is 3. The summed E-state index contributed by atoms with van der Waals surface area (Å²) in [6.07, 6.45) is 0.680. The normalized spacial score (nSPS) is 11.2. The van der Waals surface area contributed by atoms with E-state index >= 15 is 0 Å². The molecule has 0 atom stereocenters. The van der Waals surface area contributed by atoms with E-state index in [9.17, 15) is 0 Å². The van der Waals surface area contributed by atoms with Gasteiger partial charge in [-0.25, -0.2) is 4.98 Å². The number of alkyl halides is 1. The molecule has 2 nitrogen and oxygen atoms in total. The second kappa shape index (κ2) is 5.88. The number of rotatable bonds is 3. The molecule has 0 aliphatic carbocycles. The van der Waals surface area contributed by atoms with Crippen molar-refractivity contribution < 1.29 is 0 Å². The van der Waals surface area contributed by atoms with Crippen molar-refractivity contribution in [2.45, 2.75) is 13.3 Å². The Kier molecular flexibility index (Phi) is 4.12. The molecule has 0 aliphatic rings. The van der Waals surface area contributed by atoms with E-state index < -0.39 is 0 Å². The second-order valence-electron chi connectivity index (χ2n) is 4.82. The van der Waals surface area contributed by atoms with E-state index in [1.54, 1.807) is 0 Å². The molecule has 3 rings (SSSR count). The van der Waals surface area contributed by atoms with Crippen LogP contribution >= 0.6 is 34.8 Å². The van der Waals surface area contributed by atoms with Gasteiger partial charge in [-0.2, -0.15) is 0 Å². The van der Waals surface area contributed by atoms with Crippen molar-refractivity contribution in [2.24, 2.45) is 0 Å². The van der Waals surface area contributed by atoms with Crippen LogP contribution < -0.4 is 0 Å². The molecule has 21 heavy (non-hydrogen) atoms. The van der Waals surface area contributed by atoms with E-state index in [4.69, 9.17) is 34.8 Å². The number of benzene rings is 2. The van der Waals surface area contributed by atoms with Crippen LogP contribution in [0.4, 0.5) is 0 Å². The standard InChI is InChI=1S/C16H13Cl3N2/c1-10-12(19)3-2-4-14(10)21-15-9-11(18)5-6-13(15)20-16(21)7-8-17/h2-6,9H,7-8H2,1H3. The maximum Gasteiger partial charge on any atom is 0.115 e. The van der Waals surface area contributed by atoms with E-state index in [1.165, 1.54) is 0 Å². The summed E-state index contributed by atoms with van der Waals surface area (Å²) in [7, 11) is 0. The molecule has 2 aromatic carbocycles. The molecule has 0 unspecified atom stereocenters. The lowest BCUT2D eigenvalue weighted by atomic mass is 10.2. The number of imidazole rings is 1. The van der Waals surface area contributed by atoms with Crippen LogP contribution in [0.15, 0.2) is 36.4 Å². The molecule has 5 heteroatoms. The van der Waals surface area contributed by atoms with E-state index in [2.05, 4.69) is 9.55 Å². The van der Waals surface area contributed by atoms with Crippen LogP contribution in [0, 0.1) is 6.92 Å². The molecule has 1 aromatic heterocycles. The van der Waals surface area contributed by atoms with Crippen LogP contribution in [0.2, 0.25) is 10.0 Å².